The van der Waals surface area contributed by atoms with Gasteiger partial charge in [0, 0.05) is 43.2 Å². The molecule has 0 spiro atoms. The Morgan fingerprint density at radius 3 is 2.25 bits per heavy atom. The number of hydrogen-bond donors (Lipinski definition) is 8. The van der Waals surface area contributed by atoms with E-state index in [1.807, 2.05) is 54.6 Å². The van der Waals surface area contributed by atoms with E-state index in [2.05, 4.69) is 36.6 Å². The summed E-state index contributed by atoms with van der Waals surface area (Å²) in [6.45, 7) is 1.86. The number of ketones is 1. The number of hydrogen-bond acceptors (Lipinski definition) is 8. The number of aliphatic imine (C=N–C) groups is 1. The molecule has 3 heterocycles. The van der Waals surface area contributed by atoms with E-state index < -0.39 is 71.6 Å². The summed E-state index contributed by atoms with van der Waals surface area (Å²) < 4.78 is 0. The Hall–Kier alpha value is -6.26. The minimum atomic E-state index is -1.14. The van der Waals surface area contributed by atoms with Crippen LogP contribution in [0, 0.1) is 11.8 Å². The lowest BCUT2D eigenvalue weighted by Crippen LogP contribution is -2.60. The number of carbonyl (C=O) groups is 7. The van der Waals surface area contributed by atoms with E-state index in [1.54, 1.807) is 6.20 Å². The normalized spacial score (nSPS) is 23.7. The Bertz CT molecular complexity index is 2150. The number of nitrogens with two attached hydrogens (primary N) is 2. The first kappa shape index (κ1) is 47.2. The second kappa shape index (κ2) is 22.9. The molecule has 2 aliphatic heterocycles. The van der Waals surface area contributed by atoms with E-state index in [0.717, 1.165) is 54.1 Å². The summed E-state index contributed by atoms with van der Waals surface area (Å²) >= 11 is 0. The molecule has 1 aromatic heterocycles. The zero-order chi connectivity index (χ0) is 45.6. The first-order valence-corrected chi connectivity index (χ1v) is 22.8. The van der Waals surface area contributed by atoms with Crippen molar-refractivity contribution < 1.29 is 33.6 Å². The molecule has 3 fully saturated rings. The van der Waals surface area contributed by atoms with Crippen molar-refractivity contribution in [2.45, 2.75) is 127 Å². The smallest absolute Gasteiger partial charge is 0.245 e. The Labute approximate surface area is 374 Å². The zero-order valence-electron chi connectivity index (χ0n) is 36.7. The quantitative estimate of drug-likeness (QED) is 0.0540. The summed E-state index contributed by atoms with van der Waals surface area (Å²) in [6, 6.07) is 11.4. The number of fused-ring (bicyclic) bond motifs is 2. The number of guanidine groups is 1. The van der Waals surface area contributed by atoms with Gasteiger partial charge in [-0.3, -0.25) is 38.6 Å². The lowest BCUT2D eigenvalue weighted by atomic mass is 9.84. The lowest BCUT2D eigenvalue weighted by Gasteiger charge is -2.32. The molecule has 6 rings (SSSR count). The molecular formula is C47H64N10O7. The summed E-state index contributed by atoms with van der Waals surface area (Å²) in [5.41, 5.74) is 13.5. The molecule has 0 unspecified atom stereocenters. The second-order valence-electron chi connectivity index (χ2n) is 17.5. The van der Waals surface area contributed by atoms with Crippen molar-refractivity contribution in [1.29, 1.82) is 0 Å². The number of nitrogens with one attached hydrogen (secondary N) is 6. The van der Waals surface area contributed by atoms with Gasteiger partial charge >= 0.3 is 0 Å². The van der Waals surface area contributed by atoms with E-state index in [-0.39, 0.29) is 69.4 Å². The third-order valence-electron chi connectivity index (χ3n) is 12.7. The summed E-state index contributed by atoms with van der Waals surface area (Å²) in [6.07, 6.45) is 8.86. The topological polar surface area (TPSA) is 263 Å². The Kier molecular flexibility index (Phi) is 16.9. The van der Waals surface area contributed by atoms with Crippen LogP contribution in [0.4, 0.5) is 0 Å². The summed E-state index contributed by atoms with van der Waals surface area (Å²) in [5.74, 6) is -4.63. The molecule has 17 heteroatoms. The van der Waals surface area contributed by atoms with Crippen LogP contribution in [-0.4, -0.2) is 107 Å². The van der Waals surface area contributed by atoms with Gasteiger partial charge in [0.1, 0.15) is 41.9 Å². The van der Waals surface area contributed by atoms with Crippen LogP contribution in [0.3, 0.4) is 0 Å². The van der Waals surface area contributed by atoms with Gasteiger partial charge < -0.3 is 47.9 Å². The number of H-pyrrole nitrogens is 1. The van der Waals surface area contributed by atoms with E-state index in [9.17, 15) is 33.6 Å². The van der Waals surface area contributed by atoms with Crippen molar-refractivity contribution in [3.63, 3.8) is 0 Å². The molecule has 64 heavy (non-hydrogen) atoms. The minimum Gasteiger partial charge on any atom is -0.370 e. The average Bonchev–Trinajstić information content (AvgIpc) is 3.95. The first-order chi connectivity index (χ1) is 30.9. The van der Waals surface area contributed by atoms with Gasteiger partial charge in [0.15, 0.2) is 5.96 Å². The van der Waals surface area contributed by atoms with Gasteiger partial charge in [0.05, 0.1) is 0 Å². The molecule has 10 N–H and O–H groups in total. The highest BCUT2D eigenvalue weighted by Crippen LogP contribution is 2.28. The highest BCUT2D eigenvalue weighted by atomic mass is 16.2. The minimum absolute atomic E-state index is 0.0706. The maximum atomic E-state index is 14.6. The van der Waals surface area contributed by atoms with Crippen molar-refractivity contribution in [3.05, 3.63) is 71.9 Å². The number of Topliss-reactive ketones (excluding diaryl/α,β-unsaturated/α-hetero) is 1. The van der Waals surface area contributed by atoms with E-state index >= 15 is 0 Å². The van der Waals surface area contributed by atoms with Crippen LogP contribution in [0.1, 0.15) is 95.1 Å². The molecule has 0 bridgehead atoms. The highest BCUT2D eigenvalue weighted by molar-refractivity contribution is 6.02. The lowest BCUT2D eigenvalue weighted by molar-refractivity contribution is -0.143. The first-order valence-electron chi connectivity index (χ1n) is 22.8. The molecule has 2 aromatic carbocycles. The summed E-state index contributed by atoms with van der Waals surface area (Å²) in [7, 11) is 0. The maximum Gasteiger partial charge on any atom is 0.245 e. The van der Waals surface area contributed by atoms with Crippen molar-refractivity contribution in [3.8, 4) is 0 Å². The largest absolute Gasteiger partial charge is 0.370 e. The third-order valence-corrected chi connectivity index (χ3v) is 12.7. The van der Waals surface area contributed by atoms with Crippen LogP contribution < -0.4 is 38.1 Å². The van der Waals surface area contributed by atoms with Crippen LogP contribution >= 0.6 is 0 Å². The molecule has 344 valence electrons. The number of aromatic amines is 1. The van der Waals surface area contributed by atoms with E-state index in [4.69, 9.17) is 11.5 Å². The number of rotatable bonds is 13. The third kappa shape index (κ3) is 12.9. The average molecular weight is 881 g/mol. The van der Waals surface area contributed by atoms with Crippen molar-refractivity contribution in [1.82, 2.24) is 36.5 Å². The number of amides is 6. The van der Waals surface area contributed by atoms with Gasteiger partial charge in [0.2, 0.25) is 35.4 Å². The monoisotopic (exact) mass is 880 g/mol. The van der Waals surface area contributed by atoms with Crippen LogP contribution in [0.15, 0.2) is 65.8 Å². The van der Waals surface area contributed by atoms with Crippen LogP contribution in [0.2, 0.25) is 0 Å². The number of aromatic nitrogens is 1. The molecule has 2 saturated heterocycles. The Balaban J connectivity index is 1.31. The van der Waals surface area contributed by atoms with Crippen molar-refractivity contribution in [2.75, 3.05) is 19.6 Å². The van der Waals surface area contributed by atoms with Gasteiger partial charge in [-0.05, 0) is 81.4 Å². The van der Waals surface area contributed by atoms with Crippen LogP contribution in [-0.2, 0) is 46.4 Å². The molecule has 6 atom stereocenters. The predicted octanol–water partition coefficient (Wildman–Crippen LogP) is 2.02. The molecular weight excluding hydrogens is 817 g/mol. The predicted molar refractivity (Wildman–Crippen MR) is 242 cm³/mol. The van der Waals surface area contributed by atoms with Gasteiger partial charge in [-0.2, -0.15) is 0 Å². The maximum absolute atomic E-state index is 14.6. The second-order valence-corrected chi connectivity index (χ2v) is 17.5. The van der Waals surface area contributed by atoms with Crippen molar-refractivity contribution in [2.24, 2.45) is 28.3 Å². The SMILES string of the molecule is CC(=O)[C@H](Cc1ccccc1)C(=O)N[C@H]1CCCNC(=O)[C@H](CCCN=C(N)N)NC(=O)[C@H](Cc2c[nH]c3ccccc23)NC(=O)[C@H](CC2CCCCC2)NC(=O)[C@@H]2CCCN2C1=O. The molecule has 6 amide bonds. The number of nitrogens with zero attached hydrogens (tertiary/aromatic N) is 2. The number of carbonyl (C=O) groups excluding carboxylic acids is 7. The zero-order valence-corrected chi connectivity index (χ0v) is 36.7. The Morgan fingerprint density at radius 1 is 0.797 bits per heavy atom. The molecule has 0 radical (unpaired) electrons. The number of para-hydroxylation sites is 1. The fraction of sp³-hybridized carbons (Fsp3) is 0.532. The number of benzene rings is 2. The fourth-order valence-electron chi connectivity index (χ4n) is 9.25. The van der Waals surface area contributed by atoms with Crippen molar-refractivity contribution >= 4 is 58.1 Å². The van der Waals surface area contributed by atoms with Gasteiger partial charge in [-0.25, -0.2) is 0 Å². The highest BCUT2D eigenvalue weighted by Gasteiger charge is 2.41. The van der Waals surface area contributed by atoms with Gasteiger partial charge in [-0.1, -0.05) is 80.6 Å². The van der Waals surface area contributed by atoms with E-state index in [0.29, 0.717) is 25.7 Å². The van der Waals surface area contributed by atoms with Crippen LogP contribution in [0.25, 0.3) is 10.9 Å². The molecule has 3 aliphatic rings. The molecule has 1 aliphatic carbocycles. The molecule has 3 aromatic rings. The Morgan fingerprint density at radius 2 is 1.50 bits per heavy atom. The van der Waals surface area contributed by atoms with Gasteiger partial charge in [-0.15, -0.1) is 0 Å². The fourth-order valence-corrected chi connectivity index (χ4v) is 9.25. The standard InChI is InChI=1S/C47H64N10O7/c1-29(58)34(25-30-13-4-2-5-14-30)41(59)54-37-20-11-22-50-42(60)36(19-10-23-51-47(48)49)53-44(62)39(27-32-28-52-35-18-9-8-17-33(32)35)55-43(61)38(26-31-15-6-3-7-16-31)56-45(63)40-21-12-24-57(40)46(37)64/h2,4-5,8-9,13-14,17-18,28,31,34,36-40,52H,3,6-7,10-12,15-16,19-27H2,1H3,(H,50,60)(H,53,62)(H,54,59)(H,55,61)(H,56,63)(H4,48,49,51)/t34-,36-,37-,38-,39-,40-/m0/s1. The van der Waals surface area contributed by atoms with Crippen LogP contribution in [0.5, 0.6) is 0 Å². The molecule has 17 nitrogen and oxygen atoms in total. The summed E-state index contributed by atoms with van der Waals surface area (Å²) in [4.78, 5) is 107. The summed E-state index contributed by atoms with van der Waals surface area (Å²) in [5, 5.41) is 15.4. The van der Waals surface area contributed by atoms with E-state index in [1.165, 1.54) is 11.8 Å². The van der Waals surface area contributed by atoms with Gasteiger partial charge in [0.25, 0.3) is 0 Å². The molecule has 1 saturated carbocycles.